The molecule has 0 aromatic heterocycles. The van der Waals surface area contributed by atoms with Crippen molar-refractivity contribution < 1.29 is 13.7 Å². The molecule has 3 nitrogen and oxygen atoms in total. The molecule has 0 heterocycles. The fraction of sp³-hybridized carbons (Fsp3) is 0.211. The molecule has 0 amide bonds. The van der Waals surface area contributed by atoms with Crippen molar-refractivity contribution in [1.29, 1.82) is 0 Å². The van der Waals surface area contributed by atoms with Crippen molar-refractivity contribution in [2.24, 2.45) is 0 Å². The summed E-state index contributed by atoms with van der Waals surface area (Å²) in [5.74, 6) is 5.12. The molecule has 0 fully saturated rings. The van der Waals surface area contributed by atoms with E-state index in [0.717, 1.165) is 0 Å². The summed E-state index contributed by atoms with van der Waals surface area (Å²) in [4.78, 5) is 11.8. The molecular weight excluding hydrogens is 355 g/mol. The van der Waals surface area contributed by atoms with Crippen molar-refractivity contribution >= 4 is 24.1 Å². The molecule has 2 atom stereocenters. The fourth-order valence-electron chi connectivity index (χ4n) is 1.90. The van der Waals surface area contributed by atoms with Crippen molar-refractivity contribution in [2.75, 3.05) is 0 Å². The predicted octanol–water partition coefficient (Wildman–Crippen LogP) is 2.34. The quantitative estimate of drug-likeness (QED) is 0.509. The molecule has 2 rings (SSSR count). The molecule has 23 heavy (non-hydrogen) atoms. The van der Waals surface area contributed by atoms with E-state index in [1.807, 2.05) is 12.1 Å². The number of carbonyl (C=O) groups is 1. The summed E-state index contributed by atoms with van der Waals surface area (Å²) in [5, 5.41) is 9.80. The standard InChI is InChI=1S/C19H18O3Se/c1-19(2,21)14-13-17(18(20)15-9-5-3-6-10-15)23(22)16-11-7-4-8-12-16/h3-12,17,21H,1-2H3. The second kappa shape index (κ2) is 7.48. The Balaban J connectivity index is 2.42. The van der Waals surface area contributed by atoms with Gasteiger partial charge in [-0.2, -0.15) is 0 Å². The van der Waals surface area contributed by atoms with Crippen molar-refractivity contribution in [3.63, 3.8) is 0 Å². The molecule has 0 bridgehead atoms. The van der Waals surface area contributed by atoms with Gasteiger partial charge in [-0.25, -0.2) is 0 Å². The van der Waals surface area contributed by atoms with E-state index in [9.17, 15) is 13.7 Å². The Kier molecular flexibility index (Phi) is 5.63. The van der Waals surface area contributed by atoms with Crippen LogP contribution in [-0.4, -0.2) is 30.3 Å². The van der Waals surface area contributed by atoms with Crippen LogP contribution in [0.5, 0.6) is 0 Å². The van der Waals surface area contributed by atoms with E-state index in [4.69, 9.17) is 0 Å². The van der Waals surface area contributed by atoms with Crippen molar-refractivity contribution in [1.82, 2.24) is 0 Å². The molecule has 118 valence electrons. The molecule has 0 spiro atoms. The SMILES string of the molecule is CC(C)(O)C#CC(C(=O)c1ccccc1)[Se](=O)c1ccccc1. The molecule has 0 saturated carbocycles. The third kappa shape index (κ3) is 4.97. The van der Waals surface area contributed by atoms with E-state index >= 15 is 0 Å². The van der Waals surface area contributed by atoms with Crippen LogP contribution in [0.4, 0.5) is 0 Å². The minimum absolute atomic E-state index is 0.272. The monoisotopic (exact) mass is 374 g/mol. The topological polar surface area (TPSA) is 54.4 Å². The van der Waals surface area contributed by atoms with E-state index in [1.54, 1.807) is 48.5 Å². The molecular formula is C19H18O3Se. The average molecular weight is 373 g/mol. The normalized spacial score (nSPS) is 13.5. The molecule has 0 aliphatic carbocycles. The van der Waals surface area contributed by atoms with Crippen molar-refractivity contribution in [3.8, 4) is 11.8 Å². The zero-order valence-electron chi connectivity index (χ0n) is 13.0. The third-order valence-corrected chi connectivity index (χ3v) is 6.14. The van der Waals surface area contributed by atoms with Gasteiger partial charge in [0.2, 0.25) is 0 Å². The van der Waals surface area contributed by atoms with Crippen LogP contribution >= 0.6 is 0 Å². The zero-order chi connectivity index (χ0) is 16.9. The Morgan fingerprint density at radius 1 is 1.04 bits per heavy atom. The van der Waals surface area contributed by atoms with Gasteiger partial charge in [-0.05, 0) is 0 Å². The van der Waals surface area contributed by atoms with Crippen LogP contribution in [0.25, 0.3) is 0 Å². The Labute approximate surface area is 140 Å². The Morgan fingerprint density at radius 2 is 1.57 bits per heavy atom. The van der Waals surface area contributed by atoms with Crippen molar-refractivity contribution in [3.05, 3.63) is 66.2 Å². The molecule has 0 radical (unpaired) electrons. The summed E-state index contributed by atoms with van der Waals surface area (Å²) in [6, 6.07) is 17.6. The summed E-state index contributed by atoms with van der Waals surface area (Å²) >= 11 is -2.72. The van der Waals surface area contributed by atoms with E-state index in [0.29, 0.717) is 10.0 Å². The van der Waals surface area contributed by atoms with Crippen LogP contribution in [0.1, 0.15) is 24.2 Å². The number of hydrogen-bond acceptors (Lipinski definition) is 3. The van der Waals surface area contributed by atoms with Gasteiger partial charge < -0.3 is 0 Å². The van der Waals surface area contributed by atoms with Gasteiger partial charge in [0.1, 0.15) is 0 Å². The molecule has 2 aromatic carbocycles. The second-order valence-electron chi connectivity index (χ2n) is 5.55. The number of hydrogen-bond donors (Lipinski definition) is 1. The second-order valence-corrected chi connectivity index (χ2v) is 8.78. The summed E-state index contributed by atoms with van der Waals surface area (Å²) in [5.41, 5.74) is -0.763. The van der Waals surface area contributed by atoms with Gasteiger partial charge in [0.25, 0.3) is 0 Å². The number of aliphatic hydroxyl groups is 1. The number of rotatable bonds is 4. The van der Waals surface area contributed by atoms with E-state index in [2.05, 4.69) is 11.8 Å². The number of ketones is 1. The van der Waals surface area contributed by atoms with Gasteiger partial charge in [-0.1, -0.05) is 0 Å². The Morgan fingerprint density at radius 3 is 2.09 bits per heavy atom. The summed E-state index contributed by atoms with van der Waals surface area (Å²) in [7, 11) is 0. The maximum atomic E-state index is 12.9. The first-order valence-electron chi connectivity index (χ1n) is 7.18. The van der Waals surface area contributed by atoms with Crippen LogP contribution < -0.4 is 4.46 Å². The number of benzene rings is 2. The third-order valence-electron chi connectivity index (χ3n) is 3.00. The number of Topliss-reactive ketones (excluding diaryl/α,β-unsaturated/α-hetero) is 1. The molecule has 2 unspecified atom stereocenters. The number of carbonyl (C=O) groups excluding carboxylic acids is 1. The molecule has 0 saturated heterocycles. The van der Waals surface area contributed by atoms with Gasteiger partial charge in [0.05, 0.1) is 0 Å². The van der Waals surface area contributed by atoms with Crippen molar-refractivity contribution in [2.45, 2.75) is 24.3 Å². The molecule has 0 aliphatic heterocycles. The summed E-state index contributed by atoms with van der Waals surface area (Å²) in [6.45, 7) is 3.07. The van der Waals surface area contributed by atoms with Gasteiger partial charge in [-0.3, -0.25) is 0 Å². The fourth-order valence-corrected chi connectivity index (χ4v) is 4.41. The van der Waals surface area contributed by atoms with Gasteiger partial charge in [0.15, 0.2) is 0 Å². The minimum atomic E-state index is -2.72. The molecule has 0 aliphatic rings. The van der Waals surface area contributed by atoms with Crippen LogP contribution in [0.15, 0.2) is 60.7 Å². The summed E-state index contributed by atoms with van der Waals surface area (Å²) in [6.07, 6.45) is 0. The predicted molar refractivity (Wildman–Crippen MR) is 91.1 cm³/mol. The molecule has 4 heteroatoms. The average Bonchev–Trinajstić information content (AvgIpc) is 2.55. The zero-order valence-corrected chi connectivity index (χ0v) is 14.7. The first kappa shape index (κ1) is 17.3. The first-order valence-corrected chi connectivity index (χ1v) is 9.73. The Bertz CT molecular complexity index is 698. The van der Waals surface area contributed by atoms with Gasteiger partial charge in [-0.15, -0.1) is 0 Å². The first-order chi connectivity index (χ1) is 10.9. The van der Waals surface area contributed by atoms with E-state index in [1.165, 1.54) is 13.8 Å². The Hall–Kier alpha value is -2.05. The maximum absolute atomic E-state index is 12.9. The van der Waals surface area contributed by atoms with Gasteiger partial charge in [0, 0.05) is 0 Å². The molecule has 1 N–H and O–H groups in total. The summed E-state index contributed by atoms with van der Waals surface area (Å²) < 4.78 is 13.5. The van der Waals surface area contributed by atoms with Crippen LogP contribution in [-0.2, 0) is 3.83 Å². The van der Waals surface area contributed by atoms with E-state index < -0.39 is 24.3 Å². The van der Waals surface area contributed by atoms with Gasteiger partial charge >= 0.3 is 140 Å². The van der Waals surface area contributed by atoms with Crippen LogP contribution in [0.3, 0.4) is 0 Å². The van der Waals surface area contributed by atoms with Crippen LogP contribution in [0, 0.1) is 11.8 Å². The van der Waals surface area contributed by atoms with E-state index in [-0.39, 0.29) is 5.78 Å². The van der Waals surface area contributed by atoms with Crippen LogP contribution in [0.2, 0.25) is 4.82 Å². The molecule has 2 aromatic rings.